The Labute approximate surface area is 133 Å². The minimum Gasteiger partial charge on any atom is -0.351 e. The lowest BCUT2D eigenvalue weighted by Crippen LogP contribution is -2.04. The number of alkyl halides is 3. The predicted octanol–water partition coefficient (Wildman–Crippen LogP) is 4.90. The summed E-state index contributed by atoms with van der Waals surface area (Å²) < 4.78 is 43.0. The average molecular weight is 329 g/mol. The number of aromatic nitrogens is 3. The fraction of sp³-hybridized carbons (Fsp3) is 0.0588. The Morgan fingerprint density at radius 2 is 1.71 bits per heavy atom. The zero-order chi connectivity index (χ0) is 16.7. The van der Waals surface area contributed by atoms with Crippen LogP contribution in [0.5, 0.6) is 0 Å². The molecule has 2 heterocycles. The van der Waals surface area contributed by atoms with Crippen LogP contribution in [0.4, 0.5) is 13.2 Å². The van der Waals surface area contributed by atoms with Gasteiger partial charge in [-0.2, -0.15) is 18.2 Å². The molecular formula is C17H10F3N3O. The van der Waals surface area contributed by atoms with Crippen molar-refractivity contribution < 1.29 is 17.7 Å². The number of halogens is 3. The van der Waals surface area contributed by atoms with Gasteiger partial charge < -0.3 is 9.51 Å². The highest BCUT2D eigenvalue weighted by atomic mass is 19.4. The molecule has 2 aromatic heterocycles. The van der Waals surface area contributed by atoms with Gasteiger partial charge in [-0.3, -0.25) is 0 Å². The summed E-state index contributed by atoms with van der Waals surface area (Å²) in [5, 5.41) is 4.84. The molecule has 2 aromatic carbocycles. The zero-order valence-electron chi connectivity index (χ0n) is 12.1. The number of nitrogens with one attached hydrogen (secondary N) is 1. The third kappa shape index (κ3) is 2.54. The van der Waals surface area contributed by atoms with Crippen LogP contribution in [0.25, 0.3) is 33.9 Å². The normalized spacial score (nSPS) is 12.0. The van der Waals surface area contributed by atoms with E-state index < -0.39 is 11.7 Å². The van der Waals surface area contributed by atoms with E-state index in [-0.39, 0.29) is 11.7 Å². The first-order valence-corrected chi connectivity index (χ1v) is 7.10. The molecule has 0 aliphatic heterocycles. The van der Waals surface area contributed by atoms with Gasteiger partial charge in [-0.1, -0.05) is 35.5 Å². The van der Waals surface area contributed by atoms with Crippen LogP contribution in [-0.4, -0.2) is 15.1 Å². The number of benzene rings is 2. The van der Waals surface area contributed by atoms with Gasteiger partial charge in [0.25, 0.3) is 5.89 Å². The molecule has 0 amide bonds. The van der Waals surface area contributed by atoms with Crippen LogP contribution >= 0.6 is 0 Å². The van der Waals surface area contributed by atoms with Crippen molar-refractivity contribution >= 4 is 10.9 Å². The van der Waals surface area contributed by atoms with Crippen molar-refractivity contribution in [1.82, 2.24) is 15.1 Å². The lowest BCUT2D eigenvalue weighted by Gasteiger charge is -2.05. The summed E-state index contributed by atoms with van der Waals surface area (Å²) >= 11 is 0. The molecule has 0 unspecified atom stereocenters. The first kappa shape index (κ1) is 14.5. The van der Waals surface area contributed by atoms with Gasteiger partial charge in [0.2, 0.25) is 5.82 Å². The molecule has 4 rings (SSSR count). The van der Waals surface area contributed by atoms with E-state index >= 15 is 0 Å². The number of hydrogen-bond donors (Lipinski definition) is 1. The van der Waals surface area contributed by atoms with Crippen molar-refractivity contribution in [2.75, 3.05) is 0 Å². The van der Waals surface area contributed by atoms with E-state index in [2.05, 4.69) is 15.1 Å². The smallest absolute Gasteiger partial charge is 0.351 e. The van der Waals surface area contributed by atoms with Gasteiger partial charge in [0.1, 0.15) is 5.69 Å². The first-order valence-electron chi connectivity index (χ1n) is 7.10. The van der Waals surface area contributed by atoms with Gasteiger partial charge in [-0.05, 0) is 24.3 Å². The number of para-hydroxylation sites is 1. The molecule has 0 saturated heterocycles. The number of hydrogen-bond acceptors (Lipinski definition) is 3. The Bertz CT molecular complexity index is 967. The van der Waals surface area contributed by atoms with Crippen LogP contribution < -0.4 is 0 Å². The van der Waals surface area contributed by atoms with Gasteiger partial charge in [-0.15, -0.1) is 0 Å². The molecule has 7 heteroatoms. The lowest BCUT2D eigenvalue weighted by molar-refractivity contribution is -0.137. The molecule has 4 aromatic rings. The summed E-state index contributed by atoms with van der Waals surface area (Å²) in [6, 6.07) is 14.2. The Kier molecular flexibility index (Phi) is 3.16. The van der Waals surface area contributed by atoms with Gasteiger partial charge in [-0.25, -0.2) is 0 Å². The first-order chi connectivity index (χ1) is 11.5. The van der Waals surface area contributed by atoms with Crippen LogP contribution in [0.15, 0.2) is 59.1 Å². The third-order valence-electron chi connectivity index (χ3n) is 3.66. The van der Waals surface area contributed by atoms with Gasteiger partial charge >= 0.3 is 6.18 Å². The van der Waals surface area contributed by atoms with Crippen molar-refractivity contribution in [3.05, 3.63) is 60.2 Å². The summed E-state index contributed by atoms with van der Waals surface area (Å²) in [7, 11) is 0. The van der Waals surface area contributed by atoms with E-state index in [1.807, 2.05) is 30.3 Å². The summed E-state index contributed by atoms with van der Waals surface area (Å²) in [4.78, 5) is 7.41. The Morgan fingerprint density at radius 3 is 2.42 bits per heavy atom. The molecule has 0 spiro atoms. The van der Waals surface area contributed by atoms with Gasteiger partial charge in [0, 0.05) is 16.5 Å². The molecule has 0 fully saturated rings. The van der Waals surface area contributed by atoms with Crippen molar-refractivity contribution in [2.45, 2.75) is 6.18 Å². The molecule has 0 radical (unpaired) electrons. The molecule has 0 bridgehead atoms. The number of aromatic amines is 1. The summed E-state index contributed by atoms with van der Waals surface area (Å²) in [5.41, 5.74) is 1.32. The molecular weight excluding hydrogens is 319 g/mol. The molecule has 0 aliphatic rings. The summed E-state index contributed by atoms with van der Waals surface area (Å²) in [5.74, 6) is 0.512. The maximum Gasteiger partial charge on any atom is 0.416 e. The minimum absolute atomic E-state index is 0.234. The second-order valence-electron chi connectivity index (χ2n) is 5.27. The average Bonchev–Trinajstić information content (AvgIpc) is 3.21. The summed E-state index contributed by atoms with van der Waals surface area (Å²) in [6.07, 6.45) is -4.37. The highest BCUT2D eigenvalue weighted by molar-refractivity contribution is 5.84. The van der Waals surface area contributed by atoms with Crippen LogP contribution in [0.2, 0.25) is 0 Å². The van der Waals surface area contributed by atoms with Gasteiger partial charge in [0.05, 0.1) is 5.56 Å². The highest BCUT2D eigenvalue weighted by Crippen LogP contribution is 2.31. The third-order valence-corrected chi connectivity index (χ3v) is 3.66. The van der Waals surface area contributed by atoms with E-state index in [9.17, 15) is 13.2 Å². The molecule has 0 saturated carbocycles. The van der Waals surface area contributed by atoms with Crippen LogP contribution in [0.1, 0.15) is 5.56 Å². The zero-order valence-corrected chi connectivity index (χ0v) is 12.1. The van der Waals surface area contributed by atoms with E-state index in [1.165, 1.54) is 12.1 Å². The topological polar surface area (TPSA) is 54.7 Å². The fourth-order valence-electron chi connectivity index (χ4n) is 2.45. The molecule has 24 heavy (non-hydrogen) atoms. The Morgan fingerprint density at radius 1 is 0.958 bits per heavy atom. The quantitative estimate of drug-likeness (QED) is 0.569. The highest BCUT2D eigenvalue weighted by Gasteiger charge is 2.30. The predicted molar refractivity (Wildman–Crippen MR) is 82.0 cm³/mol. The monoisotopic (exact) mass is 329 g/mol. The van der Waals surface area contributed by atoms with E-state index in [1.54, 1.807) is 0 Å². The van der Waals surface area contributed by atoms with Crippen LogP contribution in [0.3, 0.4) is 0 Å². The molecule has 4 nitrogen and oxygen atoms in total. The number of H-pyrrole nitrogens is 1. The Hall–Kier alpha value is -3.09. The molecule has 0 aliphatic carbocycles. The van der Waals surface area contributed by atoms with Crippen molar-refractivity contribution in [2.24, 2.45) is 0 Å². The van der Waals surface area contributed by atoms with E-state index in [0.717, 1.165) is 23.0 Å². The number of rotatable bonds is 2. The maximum atomic E-state index is 12.6. The minimum atomic E-state index is -4.37. The van der Waals surface area contributed by atoms with E-state index in [0.29, 0.717) is 11.3 Å². The van der Waals surface area contributed by atoms with E-state index in [4.69, 9.17) is 4.52 Å². The second-order valence-corrected chi connectivity index (χ2v) is 5.27. The standard InChI is InChI=1S/C17H10F3N3O/c18-17(19,20)12-7-5-10(6-8-12)15-22-16(24-23-15)14-9-11-3-1-2-4-13(11)21-14/h1-9,21H. The second kappa shape index (κ2) is 5.23. The van der Waals surface area contributed by atoms with Crippen LogP contribution in [0, 0.1) is 0 Å². The summed E-state index contributed by atoms with van der Waals surface area (Å²) in [6.45, 7) is 0. The fourth-order valence-corrected chi connectivity index (χ4v) is 2.45. The number of fused-ring (bicyclic) bond motifs is 1. The van der Waals surface area contributed by atoms with Gasteiger partial charge in [0.15, 0.2) is 0 Å². The molecule has 120 valence electrons. The van der Waals surface area contributed by atoms with Crippen LogP contribution in [-0.2, 0) is 6.18 Å². The maximum absolute atomic E-state index is 12.6. The Balaban J connectivity index is 1.67. The van der Waals surface area contributed by atoms with Crippen molar-refractivity contribution in [3.63, 3.8) is 0 Å². The number of nitrogens with zero attached hydrogens (tertiary/aromatic N) is 2. The largest absolute Gasteiger partial charge is 0.416 e. The van der Waals surface area contributed by atoms with Crippen molar-refractivity contribution in [1.29, 1.82) is 0 Å². The SMILES string of the molecule is FC(F)(F)c1ccc(-c2noc(-c3cc4ccccc4[nH]3)n2)cc1. The molecule has 1 N–H and O–H groups in total. The molecule has 0 atom stereocenters. The van der Waals surface area contributed by atoms with Crippen molar-refractivity contribution in [3.8, 4) is 23.0 Å². The lowest BCUT2D eigenvalue weighted by atomic mass is 10.1.